The van der Waals surface area contributed by atoms with E-state index in [0.717, 1.165) is 64.5 Å². The average Bonchev–Trinajstić information content (AvgIpc) is 3.26. The maximum atomic E-state index is 13.1. The highest BCUT2D eigenvalue weighted by atomic mass is 35.5. The van der Waals surface area contributed by atoms with Crippen LogP contribution in [0.1, 0.15) is 32.6 Å². The van der Waals surface area contributed by atoms with Crippen LogP contribution < -0.4 is 0 Å². The first-order valence-electron chi connectivity index (χ1n) is 11.0. The molecule has 1 aromatic carbocycles. The third-order valence-corrected chi connectivity index (χ3v) is 6.51. The van der Waals surface area contributed by atoms with Gasteiger partial charge in [-0.25, -0.2) is 0 Å². The predicted molar refractivity (Wildman–Crippen MR) is 125 cm³/mol. The summed E-state index contributed by atoms with van der Waals surface area (Å²) in [6.45, 7) is 8.10. The van der Waals surface area contributed by atoms with Gasteiger partial charge in [0.2, 0.25) is 5.91 Å². The molecule has 1 fully saturated rings. The molecule has 0 saturated carbocycles. The molecule has 0 spiro atoms. The van der Waals surface area contributed by atoms with Crippen LogP contribution >= 0.6 is 23.4 Å². The minimum absolute atomic E-state index is 0.149. The molecule has 9 heteroatoms. The maximum Gasteiger partial charge on any atom is 0.233 e. The SMILES string of the molecule is CCCCCCN(CCN1CCOCC1)C(=O)CSc1nncn1-c1cccc(Cl)c1. The van der Waals surface area contributed by atoms with E-state index in [0.29, 0.717) is 15.9 Å². The van der Waals surface area contributed by atoms with Crippen molar-refractivity contribution >= 4 is 29.3 Å². The molecule has 0 atom stereocenters. The summed E-state index contributed by atoms with van der Waals surface area (Å²) >= 11 is 7.54. The second kappa shape index (κ2) is 13.1. The van der Waals surface area contributed by atoms with Crippen molar-refractivity contribution in [2.45, 2.75) is 37.8 Å². The van der Waals surface area contributed by atoms with Gasteiger partial charge in [-0.05, 0) is 24.6 Å². The van der Waals surface area contributed by atoms with Crippen LogP contribution in [0.25, 0.3) is 5.69 Å². The van der Waals surface area contributed by atoms with Crippen molar-refractivity contribution in [3.05, 3.63) is 35.6 Å². The molecule has 0 radical (unpaired) electrons. The van der Waals surface area contributed by atoms with Crippen molar-refractivity contribution in [2.24, 2.45) is 0 Å². The number of carbonyl (C=O) groups excluding carboxylic acids is 1. The Balaban J connectivity index is 1.57. The molecule has 1 aliphatic heterocycles. The van der Waals surface area contributed by atoms with Crippen molar-refractivity contribution in [3.8, 4) is 5.69 Å². The smallest absolute Gasteiger partial charge is 0.233 e. The highest BCUT2D eigenvalue weighted by molar-refractivity contribution is 7.99. The van der Waals surface area contributed by atoms with E-state index < -0.39 is 0 Å². The van der Waals surface area contributed by atoms with Gasteiger partial charge < -0.3 is 9.64 Å². The first-order valence-corrected chi connectivity index (χ1v) is 12.4. The number of ether oxygens (including phenoxy) is 1. The molecular formula is C22H32ClN5O2S. The lowest BCUT2D eigenvalue weighted by Gasteiger charge is -2.30. The number of hydrogen-bond acceptors (Lipinski definition) is 6. The standard InChI is InChI=1S/C22H32ClN5O2S/c1-2-3-4-5-9-27(11-10-26-12-14-30-15-13-26)21(29)17-31-22-25-24-18-28(22)20-8-6-7-19(23)16-20/h6-8,16,18H,2-5,9-15,17H2,1H3. The topological polar surface area (TPSA) is 63.5 Å². The fourth-order valence-electron chi connectivity index (χ4n) is 3.52. The average molecular weight is 466 g/mol. The molecule has 2 heterocycles. The number of benzene rings is 1. The van der Waals surface area contributed by atoms with E-state index >= 15 is 0 Å². The number of aromatic nitrogens is 3. The Morgan fingerprint density at radius 1 is 1.23 bits per heavy atom. The van der Waals surface area contributed by atoms with E-state index in [-0.39, 0.29) is 5.91 Å². The highest BCUT2D eigenvalue weighted by Crippen LogP contribution is 2.22. The Bertz CT molecular complexity index is 813. The zero-order valence-electron chi connectivity index (χ0n) is 18.2. The van der Waals surface area contributed by atoms with Crippen LogP contribution in [0, 0.1) is 0 Å². The molecule has 1 saturated heterocycles. The number of thioether (sulfide) groups is 1. The van der Waals surface area contributed by atoms with E-state index in [1.54, 1.807) is 6.33 Å². The monoisotopic (exact) mass is 465 g/mol. The first kappa shape index (κ1) is 24.0. The Hall–Kier alpha value is -1.61. The molecule has 1 aliphatic rings. The maximum absolute atomic E-state index is 13.1. The molecule has 170 valence electrons. The van der Waals surface area contributed by atoms with Gasteiger partial charge in [-0.15, -0.1) is 10.2 Å². The molecule has 0 bridgehead atoms. The van der Waals surface area contributed by atoms with Gasteiger partial charge in [0, 0.05) is 37.7 Å². The van der Waals surface area contributed by atoms with E-state index in [1.165, 1.54) is 24.6 Å². The van der Waals surface area contributed by atoms with Crippen molar-refractivity contribution < 1.29 is 9.53 Å². The summed E-state index contributed by atoms with van der Waals surface area (Å²) in [6, 6.07) is 7.53. The Morgan fingerprint density at radius 3 is 2.84 bits per heavy atom. The fourth-order valence-corrected chi connectivity index (χ4v) is 4.54. The van der Waals surface area contributed by atoms with Gasteiger partial charge in [-0.2, -0.15) is 0 Å². The van der Waals surface area contributed by atoms with E-state index in [1.807, 2.05) is 33.7 Å². The lowest BCUT2D eigenvalue weighted by atomic mass is 10.2. The van der Waals surface area contributed by atoms with Gasteiger partial charge in [-0.1, -0.05) is 55.6 Å². The summed E-state index contributed by atoms with van der Waals surface area (Å²) < 4.78 is 7.30. The number of nitrogens with zero attached hydrogens (tertiary/aromatic N) is 5. The normalized spacial score (nSPS) is 14.6. The third-order valence-electron chi connectivity index (χ3n) is 5.35. The second-order valence-corrected chi connectivity index (χ2v) is 9.03. The van der Waals surface area contributed by atoms with Crippen molar-refractivity contribution in [3.63, 3.8) is 0 Å². The number of amides is 1. The van der Waals surface area contributed by atoms with Crippen molar-refractivity contribution in [1.29, 1.82) is 0 Å². The number of carbonyl (C=O) groups is 1. The summed E-state index contributed by atoms with van der Waals surface area (Å²) in [5.41, 5.74) is 0.885. The molecule has 0 unspecified atom stereocenters. The van der Waals surface area contributed by atoms with E-state index in [4.69, 9.17) is 16.3 Å². The van der Waals surface area contributed by atoms with Crippen LogP contribution in [-0.2, 0) is 9.53 Å². The van der Waals surface area contributed by atoms with Crippen LogP contribution in [0.5, 0.6) is 0 Å². The summed E-state index contributed by atoms with van der Waals surface area (Å²) in [4.78, 5) is 17.4. The molecule has 3 rings (SSSR count). The van der Waals surface area contributed by atoms with Crippen molar-refractivity contribution in [1.82, 2.24) is 24.6 Å². The molecule has 31 heavy (non-hydrogen) atoms. The number of halogens is 1. The minimum atomic E-state index is 0.149. The number of hydrogen-bond donors (Lipinski definition) is 0. The zero-order chi connectivity index (χ0) is 21.9. The summed E-state index contributed by atoms with van der Waals surface area (Å²) in [5, 5.41) is 9.57. The minimum Gasteiger partial charge on any atom is -0.379 e. The summed E-state index contributed by atoms with van der Waals surface area (Å²) in [7, 11) is 0. The van der Waals surface area contributed by atoms with Crippen molar-refractivity contribution in [2.75, 3.05) is 51.7 Å². The largest absolute Gasteiger partial charge is 0.379 e. The number of morpholine rings is 1. The number of rotatable bonds is 12. The van der Waals surface area contributed by atoms with Gasteiger partial charge >= 0.3 is 0 Å². The lowest BCUT2D eigenvalue weighted by Crippen LogP contribution is -2.43. The first-order chi connectivity index (χ1) is 15.2. The van der Waals surface area contributed by atoms with Crippen LogP contribution in [0.3, 0.4) is 0 Å². The predicted octanol–water partition coefficient (Wildman–Crippen LogP) is 3.75. The van der Waals surface area contributed by atoms with Crippen LogP contribution in [0.4, 0.5) is 0 Å². The molecule has 0 N–H and O–H groups in total. The third kappa shape index (κ3) is 7.79. The summed E-state index contributed by atoms with van der Waals surface area (Å²) in [5.74, 6) is 0.492. The van der Waals surface area contributed by atoms with Crippen LogP contribution in [0.15, 0.2) is 35.7 Å². The van der Waals surface area contributed by atoms with Crippen LogP contribution in [-0.4, -0.2) is 82.2 Å². The Labute approximate surface area is 194 Å². The lowest BCUT2D eigenvalue weighted by molar-refractivity contribution is -0.128. The van der Waals surface area contributed by atoms with E-state index in [9.17, 15) is 4.79 Å². The highest BCUT2D eigenvalue weighted by Gasteiger charge is 2.18. The second-order valence-electron chi connectivity index (χ2n) is 7.65. The zero-order valence-corrected chi connectivity index (χ0v) is 19.8. The Morgan fingerprint density at radius 2 is 2.06 bits per heavy atom. The van der Waals surface area contributed by atoms with Gasteiger partial charge in [-0.3, -0.25) is 14.3 Å². The molecule has 2 aromatic rings. The van der Waals surface area contributed by atoms with Gasteiger partial charge in [0.1, 0.15) is 6.33 Å². The number of unbranched alkanes of at least 4 members (excludes halogenated alkanes) is 3. The van der Waals surface area contributed by atoms with E-state index in [2.05, 4.69) is 22.0 Å². The quantitative estimate of drug-likeness (QED) is 0.351. The molecule has 0 aliphatic carbocycles. The van der Waals surface area contributed by atoms with Gasteiger partial charge in [0.15, 0.2) is 5.16 Å². The molecule has 1 aromatic heterocycles. The molecular weight excluding hydrogens is 434 g/mol. The molecule has 7 nitrogen and oxygen atoms in total. The summed E-state index contributed by atoms with van der Waals surface area (Å²) in [6.07, 6.45) is 6.26. The molecule has 1 amide bonds. The van der Waals surface area contributed by atoms with Crippen LogP contribution in [0.2, 0.25) is 5.02 Å². The fraction of sp³-hybridized carbons (Fsp3) is 0.591. The van der Waals surface area contributed by atoms with Gasteiger partial charge in [0.25, 0.3) is 0 Å². The van der Waals surface area contributed by atoms with Gasteiger partial charge in [0.05, 0.1) is 24.7 Å². The Kier molecular flexibility index (Phi) is 10.1.